The summed E-state index contributed by atoms with van der Waals surface area (Å²) in [5, 5.41) is 9.53. The lowest BCUT2D eigenvalue weighted by Gasteiger charge is -2.28. The largest absolute Gasteiger partial charge is 0.490 e. The van der Waals surface area contributed by atoms with Gasteiger partial charge in [-0.3, -0.25) is 0 Å². The Morgan fingerprint density at radius 3 is 2.83 bits per heavy atom. The van der Waals surface area contributed by atoms with Crippen LogP contribution in [0.25, 0.3) is 0 Å². The van der Waals surface area contributed by atoms with E-state index in [1.807, 2.05) is 6.92 Å². The molecule has 0 aliphatic carbocycles. The first-order chi connectivity index (χ1) is 8.35. The number of hydrogen-bond donors (Lipinski definition) is 1. The molecular weight excluding hydrogens is 224 g/mol. The number of benzene rings is 1. The Hall–Kier alpha value is -1.02. The molecule has 1 N–H and O–H groups in total. The predicted molar refractivity (Wildman–Crippen MR) is 74.0 cm³/mol. The first kappa shape index (κ1) is 13.4. The summed E-state index contributed by atoms with van der Waals surface area (Å²) in [7, 11) is 0. The second-order valence-corrected chi connectivity index (χ2v) is 6.48. The van der Waals surface area contributed by atoms with Crippen molar-refractivity contribution in [3.63, 3.8) is 0 Å². The first-order valence-electron chi connectivity index (χ1n) is 6.80. The average Bonchev–Trinajstić information content (AvgIpc) is 2.55. The van der Waals surface area contributed by atoms with Gasteiger partial charge in [0.05, 0.1) is 6.10 Å². The van der Waals surface area contributed by atoms with E-state index < -0.39 is 0 Å². The molecule has 100 valence electrons. The summed E-state index contributed by atoms with van der Waals surface area (Å²) in [6.07, 6.45) is 2.83. The van der Waals surface area contributed by atoms with Crippen LogP contribution in [0.4, 0.5) is 0 Å². The van der Waals surface area contributed by atoms with Crippen molar-refractivity contribution in [3.05, 3.63) is 29.3 Å². The van der Waals surface area contributed by atoms with Crippen LogP contribution < -0.4 is 4.74 Å². The lowest BCUT2D eigenvalue weighted by atomic mass is 9.81. The SMILES string of the molecule is Cc1ccc2c(c1)CC(CC(C)(C)CC(C)O)O2. The van der Waals surface area contributed by atoms with Crippen LogP contribution in [-0.2, 0) is 6.42 Å². The van der Waals surface area contributed by atoms with Crippen LogP contribution in [0, 0.1) is 12.3 Å². The zero-order chi connectivity index (χ0) is 13.3. The van der Waals surface area contributed by atoms with Crippen LogP contribution in [-0.4, -0.2) is 17.3 Å². The molecule has 0 amide bonds. The lowest BCUT2D eigenvalue weighted by Crippen LogP contribution is -2.26. The molecule has 18 heavy (non-hydrogen) atoms. The number of rotatable bonds is 4. The van der Waals surface area contributed by atoms with E-state index in [0.717, 1.165) is 25.0 Å². The van der Waals surface area contributed by atoms with Gasteiger partial charge in [-0.05, 0) is 43.7 Å². The summed E-state index contributed by atoms with van der Waals surface area (Å²) in [5.74, 6) is 1.04. The maximum atomic E-state index is 9.53. The van der Waals surface area contributed by atoms with Gasteiger partial charge in [-0.2, -0.15) is 0 Å². The summed E-state index contributed by atoms with van der Waals surface area (Å²) in [6, 6.07) is 6.39. The van der Waals surface area contributed by atoms with E-state index in [-0.39, 0.29) is 17.6 Å². The quantitative estimate of drug-likeness (QED) is 0.884. The van der Waals surface area contributed by atoms with E-state index in [4.69, 9.17) is 4.74 Å². The summed E-state index contributed by atoms with van der Waals surface area (Å²) in [4.78, 5) is 0. The Morgan fingerprint density at radius 2 is 2.17 bits per heavy atom. The van der Waals surface area contributed by atoms with E-state index in [0.29, 0.717) is 0 Å². The fraction of sp³-hybridized carbons (Fsp3) is 0.625. The molecule has 2 heteroatoms. The molecule has 0 radical (unpaired) electrons. The van der Waals surface area contributed by atoms with Crippen LogP contribution in [0.5, 0.6) is 5.75 Å². The monoisotopic (exact) mass is 248 g/mol. The smallest absolute Gasteiger partial charge is 0.123 e. The van der Waals surface area contributed by atoms with E-state index in [9.17, 15) is 5.11 Å². The van der Waals surface area contributed by atoms with Gasteiger partial charge in [-0.25, -0.2) is 0 Å². The van der Waals surface area contributed by atoms with Crippen molar-refractivity contribution in [1.29, 1.82) is 0 Å². The molecule has 1 aromatic carbocycles. The molecule has 0 saturated carbocycles. The first-order valence-corrected chi connectivity index (χ1v) is 6.80. The van der Waals surface area contributed by atoms with Crippen molar-refractivity contribution in [2.75, 3.05) is 0 Å². The fourth-order valence-corrected chi connectivity index (χ4v) is 3.06. The molecular formula is C16H24O2. The van der Waals surface area contributed by atoms with Crippen LogP contribution in [0.3, 0.4) is 0 Å². The molecule has 2 atom stereocenters. The normalized spacial score (nSPS) is 20.4. The fourth-order valence-electron chi connectivity index (χ4n) is 3.06. The highest BCUT2D eigenvalue weighted by atomic mass is 16.5. The van der Waals surface area contributed by atoms with Crippen molar-refractivity contribution < 1.29 is 9.84 Å². The van der Waals surface area contributed by atoms with Crippen molar-refractivity contribution in [3.8, 4) is 5.75 Å². The molecule has 2 nitrogen and oxygen atoms in total. The summed E-state index contributed by atoms with van der Waals surface area (Å²) >= 11 is 0. The topological polar surface area (TPSA) is 29.5 Å². The standard InChI is InChI=1S/C16H24O2/c1-11-5-6-15-13(7-11)8-14(18-15)10-16(3,4)9-12(2)17/h5-7,12,14,17H,8-10H2,1-4H3. The molecule has 0 fully saturated rings. The molecule has 2 rings (SSSR count). The average molecular weight is 248 g/mol. The van der Waals surface area contributed by atoms with Crippen LogP contribution >= 0.6 is 0 Å². The van der Waals surface area contributed by atoms with Gasteiger partial charge in [0.2, 0.25) is 0 Å². The van der Waals surface area contributed by atoms with Crippen molar-refractivity contribution in [1.82, 2.24) is 0 Å². The van der Waals surface area contributed by atoms with Gasteiger partial charge >= 0.3 is 0 Å². The minimum absolute atomic E-state index is 0.121. The Labute approximate surface area is 110 Å². The molecule has 0 aromatic heterocycles. The number of aliphatic hydroxyl groups is 1. The molecule has 1 aliphatic heterocycles. The van der Waals surface area contributed by atoms with Crippen LogP contribution in [0.1, 0.15) is 44.7 Å². The molecule has 0 bridgehead atoms. The maximum absolute atomic E-state index is 9.53. The Balaban J connectivity index is 1.99. The van der Waals surface area contributed by atoms with Gasteiger partial charge in [-0.15, -0.1) is 0 Å². The van der Waals surface area contributed by atoms with Crippen molar-refractivity contribution in [2.45, 2.75) is 59.2 Å². The molecule has 0 saturated heterocycles. The molecule has 1 aromatic rings. The third kappa shape index (κ3) is 3.26. The van der Waals surface area contributed by atoms with Crippen molar-refractivity contribution >= 4 is 0 Å². The molecule has 0 spiro atoms. The number of ether oxygens (including phenoxy) is 1. The van der Waals surface area contributed by atoms with Gasteiger partial charge < -0.3 is 9.84 Å². The Kier molecular flexibility index (Phi) is 3.67. The second-order valence-electron chi connectivity index (χ2n) is 6.48. The highest BCUT2D eigenvalue weighted by Crippen LogP contribution is 2.36. The highest BCUT2D eigenvalue weighted by molar-refractivity contribution is 5.40. The Morgan fingerprint density at radius 1 is 1.44 bits per heavy atom. The van der Waals surface area contributed by atoms with Gasteiger partial charge in [0.1, 0.15) is 11.9 Å². The van der Waals surface area contributed by atoms with E-state index >= 15 is 0 Å². The van der Waals surface area contributed by atoms with E-state index in [2.05, 4.69) is 39.0 Å². The third-order valence-electron chi connectivity index (χ3n) is 3.59. The maximum Gasteiger partial charge on any atom is 0.123 e. The summed E-state index contributed by atoms with van der Waals surface area (Å²) in [5.41, 5.74) is 2.74. The summed E-state index contributed by atoms with van der Waals surface area (Å²) in [6.45, 7) is 8.38. The van der Waals surface area contributed by atoms with Crippen molar-refractivity contribution in [2.24, 2.45) is 5.41 Å². The minimum atomic E-state index is -0.244. The van der Waals surface area contributed by atoms with Gasteiger partial charge in [0.25, 0.3) is 0 Å². The lowest BCUT2D eigenvalue weighted by molar-refractivity contribution is 0.0918. The number of aliphatic hydroxyl groups excluding tert-OH is 1. The molecule has 1 aliphatic rings. The van der Waals surface area contributed by atoms with Crippen LogP contribution in [0.15, 0.2) is 18.2 Å². The van der Waals surface area contributed by atoms with Gasteiger partial charge in [0.15, 0.2) is 0 Å². The third-order valence-corrected chi connectivity index (χ3v) is 3.59. The number of aryl methyl sites for hydroxylation is 1. The van der Waals surface area contributed by atoms with Gasteiger partial charge in [-0.1, -0.05) is 31.5 Å². The summed E-state index contributed by atoms with van der Waals surface area (Å²) < 4.78 is 6.00. The predicted octanol–water partition coefficient (Wildman–Crippen LogP) is 3.49. The second kappa shape index (κ2) is 4.93. The molecule has 1 heterocycles. The Bertz CT molecular complexity index is 421. The van der Waals surface area contributed by atoms with E-state index in [1.165, 1.54) is 11.1 Å². The zero-order valence-corrected chi connectivity index (χ0v) is 11.9. The number of hydrogen-bond acceptors (Lipinski definition) is 2. The van der Waals surface area contributed by atoms with Crippen LogP contribution in [0.2, 0.25) is 0 Å². The zero-order valence-electron chi connectivity index (χ0n) is 11.9. The number of fused-ring (bicyclic) bond motifs is 1. The molecule has 2 unspecified atom stereocenters. The minimum Gasteiger partial charge on any atom is -0.490 e. The highest BCUT2D eigenvalue weighted by Gasteiger charge is 2.30. The van der Waals surface area contributed by atoms with Gasteiger partial charge in [0, 0.05) is 6.42 Å². The van der Waals surface area contributed by atoms with E-state index in [1.54, 1.807) is 0 Å².